The van der Waals surface area contributed by atoms with Crippen LogP contribution in [-0.4, -0.2) is 24.6 Å². The van der Waals surface area contributed by atoms with Crippen LogP contribution in [0.3, 0.4) is 0 Å². The molecule has 0 radical (unpaired) electrons. The molecule has 124 valence electrons. The highest BCUT2D eigenvalue weighted by Gasteiger charge is 2.16. The number of fused-ring (bicyclic) bond motifs is 1. The monoisotopic (exact) mass is 348 g/mol. The lowest BCUT2D eigenvalue weighted by Crippen LogP contribution is -2.32. The molecular weight excluding hydrogens is 336 g/mol. The summed E-state index contributed by atoms with van der Waals surface area (Å²) in [6.45, 7) is 0. The number of hydrogen-bond donors (Lipinski definition) is 3. The van der Waals surface area contributed by atoms with Crippen LogP contribution >= 0.6 is 11.6 Å². The molecule has 0 aliphatic carbocycles. The van der Waals surface area contributed by atoms with Gasteiger partial charge in [0, 0.05) is 18.5 Å². The summed E-state index contributed by atoms with van der Waals surface area (Å²) in [4.78, 5) is 44.2. The first kappa shape index (κ1) is 16.2. The zero-order valence-electron chi connectivity index (χ0n) is 12.5. The van der Waals surface area contributed by atoms with Crippen molar-refractivity contribution in [2.45, 2.75) is 12.5 Å². The Kier molecular flexibility index (Phi) is 4.08. The van der Waals surface area contributed by atoms with Crippen molar-refractivity contribution in [2.24, 2.45) is 7.05 Å². The van der Waals surface area contributed by atoms with Crippen molar-refractivity contribution in [1.29, 1.82) is 0 Å². The lowest BCUT2D eigenvalue weighted by Gasteiger charge is -2.11. The molecule has 1 atom stereocenters. The third-order valence-corrected chi connectivity index (χ3v) is 3.93. The van der Waals surface area contributed by atoms with Gasteiger partial charge in [-0.25, -0.2) is 9.78 Å². The molecule has 3 aromatic rings. The Morgan fingerprint density at radius 1 is 1.17 bits per heavy atom. The van der Waals surface area contributed by atoms with Crippen LogP contribution in [0.5, 0.6) is 0 Å². The van der Waals surface area contributed by atoms with Crippen molar-refractivity contribution in [3.05, 3.63) is 71.7 Å². The van der Waals surface area contributed by atoms with Gasteiger partial charge in [0.1, 0.15) is 11.3 Å². The second-order valence-corrected chi connectivity index (χ2v) is 5.74. The largest absolute Gasteiger partial charge is 0.388 e. The number of aliphatic hydroxyl groups is 1. The molecule has 3 rings (SSSR count). The maximum atomic E-state index is 12.2. The standard InChI is InChI=1S/C15H13ClN4O4/c1-20-12-11(14(23)19-15(20)24)17-9(13(22)18-12)6-10(21)7-2-4-8(16)5-3-7/h2-5,10,21H,6H2,1H3,(H,18,22)(H,19,23,24). The van der Waals surface area contributed by atoms with E-state index in [-0.39, 0.29) is 23.3 Å². The number of nitrogens with one attached hydrogen (secondary N) is 2. The average Bonchev–Trinajstić information content (AvgIpc) is 2.54. The maximum Gasteiger partial charge on any atom is 0.329 e. The number of aromatic amines is 2. The number of rotatable bonds is 3. The van der Waals surface area contributed by atoms with E-state index in [0.29, 0.717) is 10.6 Å². The normalized spacial score (nSPS) is 12.5. The Labute approximate surface area is 139 Å². The van der Waals surface area contributed by atoms with Crippen molar-refractivity contribution in [1.82, 2.24) is 19.5 Å². The second-order valence-electron chi connectivity index (χ2n) is 5.30. The summed E-state index contributed by atoms with van der Waals surface area (Å²) < 4.78 is 1.09. The third-order valence-electron chi connectivity index (χ3n) is 3.68. The van der Waals surface area contributed by atoms with Crippen LogP contribution in [0, 0.1) is 0 Å². The Morgan fingerprint density at radius 2 is 1.83 bits per heavy atom. The van der Waals surface area contributed by atoms with E-state index in [1.807, 2.05) is 0 Å². The quantitative estimate of drug-likeness (QED) is 0.626. The van der Waals surface area contributed by atoms with Gasteiger partial charge in [-0.15, -0.1) is 0 Å². The van der Waals surface area contributed by atoms with E-state index in [9.17, 15) is 19.5 Å². The molecular formula is C15H13ClN4O4. The van der Waals surface area contributed by atoms with Gasteiger partial charge in [0.25, 0.3) is 11.1 Å². The van der Waals surface area contributed by atoms with Crippen molar-refractivity contribution < 1.29 is 5.11 Å². The Morgan fingerprint density at radius 3 is 2.50 bits per heavy atom. The molecule has 0 amide bonds. The molecule has 0 saturated heterocycles. The predicted molar refractivity (Wildman–Crippen MR) is 88.3 cm³/mol. The van der Waals surface area contributed by atoms with Gasteiger partial charge in [-0.1, -0.05) is 23.7 Å². The van der Waals surface area contributed by atoms with E-state index in [0.717, 1.165) is 4.57 Å². The topological polar surface area (TPSA) is 121 Å². The van der Waals surface area contributed by atoms with E-state index in [1.54, 1.807) is 24.3 Å². The fourth-order valence-corrected chi connectivity index (χ4v) is 2.47. The zero-order valence-corrected chi connectivity index (χ0v) is 13.3. The summed E-state index contributed by atoms with van der Waals surface area (Å²) in [5.41, 5.74) is -1.42. The summed E-state index contributed by atoms with van der Waals surface area (Å²) in [6, 6.07) is 6.52. The minimum atomic E-state index is -0.986. The zero-order chi connectivity index (χ0) is 17.4. The molecule has 3 N–H and O–H groups in total. The summed E-state index contributed by atoms with van der Waals surface area (Å²) in [5, 5.41) is 10.8. The molecule has 9 heteroatoms. The maximum absolute atomic E-state index is 12.2. The number of nitrogens with zero attached hydrogens (tertiary/aromatic N) is 2. The minimum absolute atomic E-state index is 0.00546. The number of benzene rings is 1. The van der Waals surface area contributed by atoms with E-state index in [2.05, 4.69) is 15.0 Å². The minimum Gasteiger partial charge on any atom is -0.388 e. The fourth-order valence-electron chi connectivity index (χ4n) is 2.34. The highest BCUT2D eigenvalue weighted by Crippen LogP contribution is 2.18. The fraction of sp³-hybridized carbons (Fsp3) is 0.200. The molecule has 1 aromatic carbocycles. The van der Waals surface area contributed by atoms with Gasteiger partial charge >= 0.3 is 5.69 Å². The molecule has 0 aliphatic heterocycles. The number of aryl methyl sites for hydroxylation is 1. The molecule has 2 heterocycles. The molecule has 0 bridgehead atoms. The van der Waals surface area contributed by atoms with Gasteiger partial charge in [-0.2, -0.15) is 0 Å². The van der Waals surface area contributed by atoms with Crippen molar-refractivity contribution in [3.63, 3.8) is 0 Å². The van der Waals surface area contributed by atoms with Gasteiger partial charge < -0.3 is 10.1 Å². The first-order valence-corrected chi connectivity index (χ1v) is 7.40. The van der Waals surface area contributed by atoms with E-state index >= 15 is 0 Å². The lowest BCUT2D eigenvalue weighted by molar-refractivity contribution is 0.177. The van der Waals surface area contributed by atoms with E-state index in [1.165, 1.54) is 7.05 Å². The van der Waals surface area contributed by atoms with Gasteiger partial charge in [0.05, 0.1) is 6.10 Å². The summed E-state index contributed by atoms with van der Waals surface area (Å²) in [7, 11) is 1.40. The molecule has 0 saturated carbocycles. The predicted octanol–water partition coefficient (Wildman–Crippen LogP) is 0.240. The molecule has 1 unspecified atom stereocenters. The third kappa shape index (κ3) is 2.89. The van der Waals surface area contributed by atoms with Crippen molar-refractivity contribution >= 4 is 22.8 Å². The van der Waals surface area contributed by atoms with Gasteiger partial charge in [0.2, 0.25) is 0 Å². The van der Waals surface area contributed by atoms with E-state index in [4.69, 9.17) is 11.6 Å². The van der Waals surface area contributed by atoms with Crippen LogP contribution in [-0.2, 0) is 13.5 Å². The Balaban J connectivity index is 2.06. The highest BCUT2D eigenvalue weighted by atomic mass is 35.5. The van der Waals surface area contributed by atoms with Crippen LogP contribution in [0.2, 0.25) is 5.02 Å². The number of hydrogen-bond acceptors (Lipinski definition) is 5. The van der Waals surface area contributed by atoms with Crippen molar-refractivity contribution in [3.8, 4) is 0 Å². The molecule has 24 heavy (non-hydrogen) atoms. The first-order valence-electron chi connectivity index (χ1n) is 7.02. The molecule has 0 aliphatic rings. The van der Waals surface area contributed by atoms with Crippen molar-refractivity contribution in [2.75, 3.05) is 0 Å². The molecule has 8 nitrogen and oxygen atoms in total. The molecule has 0 spiro atoms. The van der Waals surface area contributed by atoms with Crippen LogP contribution in [0.15, 0.2) is 38.6 Å². The smallest absolute Gasteiger partial charge is 0.329 e. The lowest BCUT2D eigenvalue weighted by atomic mass is 10.1. The Bertz CT molecular complexity index is 1080. The molecule has 0 fully saturated rings. The summed E-state index contributed by atoms with van der Waals surface area (Å²) >= 11 is 5.80. The number of aromatic nitrogens is 4. The van der Waals surface area contributed by atoms with Crippen LogP contribution in [0.25, 0.3) is 11.2 Å². The Hall–Kier alpha value is -2.71. The van der Waals surface area contributed by atoms with Gasteiger partial charge in [-0.3, -0.25) is 19.1 Å². The number of H-pyrrole nitrogens is 2. The summed E-state index contributed by atoms with van der Waals surface area (Å²) in [6.07, 6.45) is -1.07. The van der Waals surface area contributed by atoms with Crippen LogP contribution in [0.1, 0.15) is 17.4 Å². The number of halogens is 1. The SMILES string of the molecule is Cn1c(=O)[nH]c(=O)c2nc(CC(O)c3ccc(Cl)cc3)c(=O)[nH]c21. The average molecular weight is 349 g/mol. The van der Waals surface area contributed by atoms with E-state index < -0.39 is 22.9 Å². The number of aliphatic hydroxyl groups excluding tert-OH is 1. The van der Waals surface area contributed by atoms with Crippen LogP contribution in [0.4, 0.5) is 0 Å². The summed E-state index contributed by atoms with van der Waals surface area (Å²) in [5.74, 6) is 0. The highest BCUT2D eigenvalue weighted by molar-refractivity contribution is 6.30. The van der Waals surface area contributed by atoms with Crippen LogP contribution < -0.4 is 16.8 Å². The second kappa shape index (κ2) is 6.06. The van der Waals surface area contributed by atoms with Gasteiger partial charge in [-0.05, 0) is 17.7 Å². The van der Waals surface area contributed by atoms with Gasteiger partial charge in [0.15, 0.2) is 5.52 Å². The molecule has 2 aromatic heterocycles. The first-order chi connectivity index (χ1) is 11.4.